The Kier molecular flexibility index (Phi) is 4.77. The topological polar surface area (TPSA) is 40.6 Å². The molecule has 2 rings (SSSR count). The Morgan fingerprint density at radius 2 is 1.85 bits per heavy atom. The number of nitrogens with zero attached hydrogens (tertiary/aromatic N) is 2. The largest absolute Gasteiger partial charge is 0.329 e. The number of anilines is 1. The maximum Gasteiger partial charge on any atom is 0.256 e. The Morgan fingerprint density at radius 3 is 2.60 bits per heavy atom. The average molecular weight is 274 g/mol. The van der Waals surface area contributed by atoms with E-state index in [2.05, 4.69) is 6.92 Å². The van der Waals surface area contributed by atoms with E-state index in [4.69, 9.17) is 0 Å². The third-order valence-corrected chi connectivity index (χ3v) is 3.76. The molecule has 2 amide bonds. The minimum atomic E-state index is -0.0326. The average Bonchev–Trinajstić information content (AvgIpc) is 2.56. The van der Waals surface area contributed by atoms with Crippen LogP contribution in [0.15, 0.2) is 24.3 Å². The fourth-order valence-corrected chi connectivity index (χ4v) is 2.50. The third kappa shape index (κ3) is 3.00. The molecule has 4 heteroatoms. The minimum absolute atomic E-state index is 0.0289. The lowest BCUT2D eigenvalue weighted by Gasteiger charge is -2.19. The van der Waals surface area contributed by atoms with Gasteiger partial charge in [0.05, 0.1) is 11.3 Å². The van der Waals surface area contributed by atoms with Gasteiger partial charge in [0.25, 0.3) is 5.91 Å². The van der Waals surface area contributed by atoms with Crippen LogP contribution in [0.5, 0.6) is 0 Å². The van der Waals surface area contributed by atoms with E-state index in [0.29, 0.717) is 17.8 Å². The van der Waals surface area contributed by atoms with E-state index in [9.17, 15) is 9.59 Å². The van der Waals surface area contributed by atoms with Crippen LogP contribution in [-0.4, -0.2) is 36.9 Å². The molecule has 1 heterocycles. The molecule has 0 bridgehead atoms. The highest BCUT2D eigenvalue weighted by molar-refractivity contribution is 6.09. The van der Waals surface area contributed by atoms with Gasteiger partial charge in [0.15, 0.2) is 0 Å². The predicted molar refractivity (Wildman–Crippen MR) is 79.9 cm³/mol. The SMILES string of the molecule is CCCCCCN1CC(=O)N(C)c2ccccc2C1=O. The first-order chi connectivity index (χ1) is 9.65. The Hall–Kier alpha value is -1.84. The molecule has 1 aromatic carbocycles. The van der Waals surface area contributed by atoms with Crippen LogP contribution in [0.4, 0.5) is 5.69 Å². The number of hydrogen-bond donors (Lipinski definition) is 0. The van der Waals surface area contributed by atoms with Gasteiger partial charge in [-0.3, -0.25) is 9.59 Å². The number of carbonyl (C=O) groups is 2. The van der Waals surface area contributed by atoms with Crippen molar-refractivity contribution in [1.29, 1.82) is 0 Å². The van der Waals surface area contributed by atoms with Gasteiger partial charge in [-0.25, -0.2) is 0 Å². The number of likely N-dealkylation sites (N-methyl/N-ethyl adjacent to an activating group) is 1. The molecule has 4 nitrogen and oxygen atoms in total. The molecule has 1 aromatic rings. The summed E-state index contributed by atoms with van der Waals surface area (Å²) in [6.07, 6.45) is 4.40. The number of fused-ring (bicyclic) bond motifs is 1. The van der Waals surface area contributed by atoms with Gasteiger partial charge < -0.3 is 9.80 Å². The first-order valence-corrected chi connectivity index (χ1v) is 7.30. The molecule has 0 fully saturated rings. The fraction of sp³-hybridized carbons (Fsp3) is 0.500. The van der Waals surface area contributed by atoms with Crippen molar-refractivity contribution in [3.8, 4) is 0 Å². The number of rotatable bonds is 5. The van der Waals surface area contributed by atoms with Gasteiger partial charge in [-0.1, -0.05) is 38.3 Å². The quantitative estimate of drug-likeness (QED) is 0.775. The van der Waals surface area contributed by atoms with Crippen LogP contribution in [0.2, 0.25) is 0 Å². The summed E-state index contributed by atoms with van der Waals surface area (Å²) in [6, 6.07) is 7.32. The summed E-state index contributed by atoms with van der Waals surface area (Å²) in [4.78, 5) is 28.0. The Bertz CT molecular complexity index is 499. The molecule has 0 N–H and O–H groups in total. The Labute approximate surface area is 120 Å². The van der Waals surface area contributed by atoms with Gasteiger partial charge >= 0.3 is 0 Å². The molecular formula is C16H22N2O2. The van der Waals surface area contributed by atoms with E-state index < -0.39 is 0 Å². The van der Waals surface area contributed by atoms with Crippen molar-refractivity contribution in [2.24, 2.45) is 0 Å². The maximum absolute atomic E-state index is 12.5. The normalized spacial score (nSPS) is 15.3. The number of unbranched alkanes of at least 4 members (excludes halogenated alkanes) is 3. The second-order valence-electron chi connectivity index (χ2n) is 5.26. The summed E-state index contributed by atoms with van der Waals surface area (Å²) >= 11 is 0. The van der Waals surface area contributed by atoms with Crippen molar-refractivity contribution >= 4 is 17.5 Å². The monoisotopic (exact) mass is 274 g/mol. The van der Waals surface area contributed by atoms with Gasteiger partial charge in [0.1, 0.15) is 6.54 Å². The number of para-hydroxylation sites is 1. The molecule has 1 aliphatic heterocycles. The molecule has 0 aliphatic carbocycles. The van der Waals surface area contributed by atoms with Crippen molar-refractivity contribution in [2.75, 3.05) is 25.0 Å². The summed E-state index contributed by atoms with van der Waals surface area (Å²) in [6.45, 7) is 2.99. The number of carbonyl (C=O) groups excluding carboxylic acids is 2. The van der Waals surface area contributed by atoms with Crippen molar-refractivity contribution in [3.05, 3.63) is 29.8 Å². The van der Waals surface area contributed by atoms with Gasteiger partial charge in [0, 0.05) is 13.6 Å². The molecule has 1 aliphatic rings. The zero-order chi connectivity index (χ0) is 14.5. The van der Waals surface area contributed by atoms with E-state index in [-0.39, 0.29) is 18.4 Å². The van der Waals surface area contributed by atoms with E-state index in [1.807, 2.05) is 18.2 Å². The molecule has 0 saturated carbocycles. The van der Waals surface area contributed by atoms with Crippen LogP contribution in [0, 0.1) is 0 Å². The van der Waals surface area contributed by atoms with Crippen molar-refractivity contribution in [1.82, 2.24) is 4.90 Å². The lowest BCUT2D eigenvalue weighted by molar-refractivity contribution is -0.118. The molecule has 20 heavy (non-hydrogen) atoms. The smallest absolute Gasteiger partial charge is 0.256 e. The highest BCUT2D eigenvalue weighted by Gasteiger charge is 2.28. The number of benzene rings is 1. The molecule has 108 valence electrons. The summed E-state index contributed by atoms with van der Waals surface area (Å²) in [5.41, 5.74) is 1.33. The lowest BCUT2D eigenvalue weighted by Crippen LogP contribution is -2.38. The van der Waals surface area contributed by atoms with Crippen LogP contribution >= 0.6 is 0 Å². The predicted octanol–water partition coefficient (Wildman–Crippen LogP) is 2.69. The molecule has 0 saturated heterocycles. The zero-order valence-electron chi connectivity index (χ0n) is 12.3. The highest BCUT2D eigenvalue weighted by atomic mass is 16.2. The summed E-state index contributed by atoms with van der Waals surface area (Å²) < 4.78 is 0. The molecule has 0 atom stereocenters. The van der Waals surface area contributed by atoms with Crippen LogP contribution in [0.1, 0.15) is 43.0 Å². The second-order valence-corrected chi connectivity index (χ2v) is 5.26. The Morgan fingerprint density at radius 1 is 1.10 bits per heavy atom. The summed E-state index contributed by atoms with van der Waals surface area (Å²) in [5.74, 6) is -0.0615. The van der Waals surface area contributed by atoms with E-state index in [0.717, 1.165) is 12.8 Å². The summed E-state index contributed by atoms with van der Waals surface area (Å²) in [7, 11) is 1.73. The number of amides is 2. The van der Waals surface area contributed by atoms with Crippen LogP contribution < -0.4 is 4.90 Å². The first kappa shape index (κ1) is 14.6. The highest BCUT2D eigenvalue weighted by Crippen LogP contribution is 2.24. The Balaban J connectivity index is 2.16. The molecule has 0 aromatic heterocycles. The van der Waals surface area contributed by atoms with Gasteiger partial charge in [0.2, 0.25) is 5.91 Å². The second kappa shape index (κ2) is 6.55. The van der Waals surface area contributed by atoms with Crippen molar-refractivity contribution in [2.45, 2.75) is 32.6 Å². The van der Waals surface area contributed by atoms with Crippen molar-refractivity contribution < 1.29 is 9.59 Å². The lowest BCUT2D eigenvalue weighted by atomic mass is 10.1. The van der Waals surface area contributed by atoms with Gasteiger partial charge in [-0.2, -0.15) is 0 Å². The van der Waals surface area contributed by atoms with Crippen molar-refractivity contribution in [3.63, 3.8) is 0 Å². The molecular weight excluding hydrogens is 252 g/mol. The summed E-state index contributed by atoms with van der Waals surface area (Å²) in [5, 5.41) is 0. The van der Waals surface area contributed by atoms with Gasteiger partial charge in [-0.15, -0.1) is 0 Å². The third-order valence-electron chi connectivity index (χ3n) is 3.76. The van der Waals surface area contributed by atoms with E-state index in [1.54, 1.807) is 22.9 Å². The van der Waals surface area contributed by atoms with Crippen LogP contribution in [0.3, 0.4) is 0 Å². The van der Waals surface area contributed by atoms with E-state index in [1.165, 1.54) is 12.8 Å². The molecule has 0 spiro atoms. The fourth-order valence-electron chi connectivity index (χ4n) is 2.50. The zero-order valence-corrected chi connectivity index (χ0v) is 12.3. The standard InChI is InChI=1S/C16H22N2O2/c1-3-4-5-8-11-18-12-15(19)17(2)14-10-7-6-9-13(14)16(18)20/h6-7,9-10H,3-5,8,11-12H2,1-2H3. The molecule has 0 radical (unpaired) electrons. The van der Waals surface area contributed by atoms with Crippen LogP contribution in [-0.2, 0) is 4.79 Å². The van der Waals surface area contributed by atoms with Gasteiger partial charge in [-0.05, 0) is 18.6 Å². The van der Waals surface area contributed by atoms with E-state index >= 15 is 0 Å². The van der Waals surface area contributed by atoms with Crippen LogP contribution in [0.25, 0.3) is 0 Å². The number of hydrogen-bond acceptors (Lipinski definition) is 2. The molecule has 0 unspecified atom stereocenters. The minimum Gasteiger partial charge on any atom is -0.329 e. The first-order valence-electron chi connectivity index (χ1n) is 7.30. The maximum atomic E-state index is 12.5.